The Morgan fingerprint density at radius 1 is 0.576 bits per heavy atom. The van der Waals surface area contributed by atoms with Crippen LogP contribution in [0.3, 0.4) is 0 Å². The summed E-state index contributed by atoms with van der Waals surface area (Å²) < 4.78 is 5.32. The average Bonchev–Trinajstić information content (AvgIpc) is 2.82. The third-order valence-corrected chi connectivity index (χ3v) is 5.89. The van der Waals surface area contributed by atoms with Gasteiger partial charge in [0.15, 0.2) is 0 Å². The van der Waals surface area contributed by atoms with Crippen molar-refractivity contribution in [2.45, 2.75) is 5.92 Å². The van der Waals surface area contributed by atoms with Crippen molar-refractivity contribution < 1.29 is 74.1 Å². The molecule has 5 rings (SSSR count). The number of rotatable bonds is 4. The first kappa shape index (κ1) is 25.6. The third-order valence-electron chi connectivity index (χ3n) is 5.89. The van der Waals surface area contributed by atoms with Crippen LogP contribution in [0.2, 0.25) is 0 Å². The van der Waals surface area contributed by atoms with Gasteiger partial charge < -0.3 is 14.9 Å². The van der Waals surface area contributed by atoms with Gasteiger partial charge >= 0.3 is 59.1 Å². The van der Waals surface area contributed by atoms with E-state index in [4.69, 9.17) is 4.74 Å². The summed E-state index contributed by atoms with van der Waals surface area (Å²) in [6.07, 6.45) is 0. The topological polar surface area (TPSA) is 55.3 Å². The Labute approximate surface area is 237 Å². The maximum atomic E-state index is 13.3. The summed E-state index contributed by atoms with van der Waals surface area (Å²) in [7, 11) is 1.62. The molecule has 33 heavy (non-hydrogen) atoms. The summed E-state index contributed by atoms with van der Waals surface area (Å²) in [5, 5.41) is 30.2. The van der Waals surface area contributed by atoms with Crippen molar-refractivity contribution in [1.82, 2.24) is 0 Å². The fraction of sp³-hybridized carbons (Fsp3) is 0.0714. The second-order valence-electron chi connectivity index (χ2n) is 7.60. The average molecular weight is 450 g/mol. The molecule has 0 saturated heterocycles. The molecule has 0 heterocycles. The van der Waals surface area contributed by atoms with E-state index in [-0.39, 0.29) is 70.6 Å². The number of methoxy groups -OCH3 is 1. The predicted molar refractivity (Wildman–Crippen MR) is 121 cm³/mol. The molecule has 0 aliphatic rings. The third kappa shape index (κ3) is 4.81. The van der Waals surface area contributed by atoms with Gasteiger partial charge in [0.25, 0.3) is 0 Å². The molecule has 0 amide bonds. The first-order valence-electron chi connectivity index (χ1n) is 10.2. The molecule has 0 atom stereocenters. The molecule has 0 aliphatic heterocycles. The molecule has 0 radical (unpaired) electrons. The molecular formula is C28H20Na2O3. The van der Waals surface area contributed by atoms with E-state index in [1.54, 1.807) is 19.2 Å². The molecular weight excluding hydrogens is 430 g/mol. The minimum atomic E-state index is -0.497. The van der Waals surface area contributed by atoms with Crippen LogP contribution in [0, 0.1) is 0 Å². The Bertz CT molecular complexity index is 1310. The minimum Gasteiger partial charge on any atom is -0.872 e. The molecule has 5 aromatic rings. The van der Waals surface area contributed by atoms with Crippen LogP contribution in [0.1, 0.15) is 22.6 Å². The maximum Gasteiger partial charge on any atom is 1.00 e. The van der Waals surface area contributed by atoms with Crippen LogP contribution in [0.4, 0.5) is 0 Å². The Balaban J connectivity index is 0.00000153. The van der Waals surface area contributed by atoms with Gasteiger partial charge in [0.2, 0.25) is 0 Å². The fourth-order valence-corrected chi connectivity index (χ4v) is 4.42. The van der Waals surface area contributed by atoms with Gasteiger partial charge in [-0.2, -0.15) is 0 Å². The second-order valence-corrected chi connectivity index (χ2v) is 7.60. The van der Waals surface area contributed by atoms with Gasteiger partial charge in [-0.1, -0.05) is 84.9 Å². The number of benzene rings is 5. The Morgan fingerprint density at radius 3 is 1.48 bits per heavy atom. The predicted octanol–water partition coefficient (Wildman–Crippen LogP) is -0.663. The molecule has 0 bridgehead atoms. The molecule has 0 spiro atoms. The number of fused-ring (bicyclic) bond motifs is 2. The molecule has 0 saturated carbocycles. The maximum absolute atomic E-state index is 13.3. The zero-order valence-electron chi connectivity index (χ0n) is 19.0. The van der Waals surface area contributed by atoms with Crippen molar-refractivity contribution in [3.63, 3.8) is 0 Å². The van der Waals surface area contributed by atoms with Crippen LogP contribution in [0.15, 0.2) is 97.1 Å². The van der Waals surface area contributed by atoms with E-state index in [2.05, 4.69) is 0 Å². The Morgan fingerprint density at radius 2 is 1.03 bits per heavy atom. The standard InChI is InChI=1S/C28H22O3.2Na/c1-31-21-14-10-20(11-15-21)26(27-22-8-4-2-6-18(22)12-16-24(27)29)28-23-9-5-3-7-19(23)13-17-25(28)30;;/h2-17,26,29-30H,1H3;;/q;2*+1/p-2. The molecule has 5 aromatic carbocycles. The molecule has 0 N–H and O–H groups in total. The van der Waals surface area contributed by atoms with Gasteiger partial charge in [-0.15, -0.1) is 11.5 Å². The smallest absolute Gasteiger partial charge is 0.872 e. The summed E-state index contributed by atoms with van der Waals surface area (Å²) >= 11 is 0. The summed E-state index contributed by atoms with van der Waals surface area (Å²) in [4.78, 5) is 0. The summed E-state index contributed by atoms with van der Waals surface area (Å²) in [6, 6.07) is 30.2. The Kier molecular flexibility index (Phi) is 8.52. The zero-order valence-corrected chi connectivity index (χ0v) is 23.0. The van der Waals surface area contributed by atoms with Crippen LogP contribution in [0.5, 0.6) is 17.2 Å². The largest absolute Gasteiger partial charge is 1.00 e. The van der Waals surface area contributed by atoms with Crippen molar-refractivity contribution >= 4 is 21.5 Å². The van der Waals surface area contributed by atoms with Gasteiger partial charge in [0.05, 0.1) is 7.11 Å². The summed E-state index contributed by atoms with van der Waals surface area (Å²) in [5.41, 5.74) is 2.12. The van der Waals surface area contributed by atoms with E-state index < -0.39 is 5.92 Å². The monoisotopic (exact) mass is 450 g/mol. The summed E-state index contributed by atoms with van der Waals surface area (Å²) in [6.45, 7) is 0. The van der Waals surface area contributed by atoms with Crippen LogP contribution < -0.4 is 74.1 Å². The minimum absolute atomic E-state index is 0. The molecule has 0 aliphatic carbocycles. The second kappa shape index (κ2) is 11.0. The van der Waals surface area contributed by atoms with Gasteiger partial charge in [-0.3, -0.25) is 0 Å². The summed E-state index contributed by atoms with van der Waals surface area (Å²) in [5.74, 6) is 0.0739. The van der Waals surface area contributed by atoms with Gasteiger partial charge in [0.1, 0.15) is 5.75 Å². The number of hydrogen-bond donors (Lipinski definition) is 0. The van der Waals surface area contributed by atoms with Crippen LogP contribution >= 0.6 is 0 Å². The van der Waals surface area contributed by atoms with Crippen LogP contribution in [-0.2, 0) is 0 Å². The Hall–Kier alpha value is -1.98. The van der Waals surface area contributed by atoms with Crippen molar-refractivity contribution in [2.24, 2.45) is 0 Å². The van der Waals surface area contributed by atoms with Crippen LogP contribution in [-0.4, -0.2) is 7.11 Å². The van der Waals surface area contributed by atoms with E-state index in [1.165, 1.54) is 0 Å². The SMILES string of the molecule is COc1ccc(C(c2c([O-])ccc3ccccc23)c2c([O-])ccc3ccccc23)cc1.[Na+].[Na+]. The zero-order chi connectivity index (χ0) is 21.4. The first-order valence-corrected chi connectivity index (χ1v) is 10.2. The van der Waals surface area contributed by atoms with E-state index >= 15 is 0 Å². The number of hydrogen-bond acceptors (Lipinski definition) is 3. The fourth-order valence-electron chi connectivity index (χ4n) is 4.42. The van der Waals surface area contributed by atoms with Gasteiger partial charge in [0, 0.05) is 5.92 Å². The molecule has 5 heteroatoms. The quantitative estimate of drug-likeness (QED) is 0.270. The number of ether oxygens (including phenoxy) is 1. The van der Waals surface area contributed by atoms with Gasteiger partial charge in [-0.05, 0) is 50.4 Å². The first-order chi connectivity index (χ1) is 15.2. The van der Waals surface area contributed by atoms with Crippen molar-refractivity contribution in [3.8, 4) is 17.2 Å². The normalized spacial score (nSPS) is 10.6. The van der Waals surface area contributed by atoms with Crippen molar-refractivity contribution in [3.05, 3.63) is 114 Å². The van der Waals surface area contributed by atoms with E-state index in [0.29, 0.717) is 11.1 Å². The van der Waals surface area contributed by atoms with Gasteiger partial charge in [-0.25, -0.2) is 0 Å². The van der Waals surface area contributed by atoms with E-state index in [0.717, 1.165) is 32.9 Å². The molecule has 0 aromatic heterocycles. The van der Waals surface area contributed by atoms with E-state index in [1.807, 2.05) is 84.9 Å². The van der Waals surface area contributed by atoms with Crippen LogP contribution in [0.25, 0.3) is 21.5 Å². The molecule has 152 valence electrons. The molecule has 0 unspecified atom stereocenters. The molecule has 0 fully saturated rings. The van der Waals surface area contributed by atoms with E-state index in [9.17, 15) is 10.2 Å². The van der Waals surface area contributed by atoms with Crippen molar-refractivity contribution in [1.29, 1.82) is 0 Å². The molecule has 3 nitrogen and oxygen atoms in total. The van der Waals surface area contributed by atoms with Crippen molar-refractivity contribution in [2.75, 3.05) is 7.11 Å².